The number of rotatable bonds is 2. The molecule has 0 radical (unpaired) electrons. The Labute approximate surface area is 227 Å². The molecule has 0 aliphatic carbocycles. The van der Waals surface area contributed by atoms with Crippen LogP contribution < -0.4 is 0 Å². The molecule has 0 saturated carbocycles. The molecule has 158 valence electrons. The maximum atomic E-state index is 15.1. The molecular weight excluding hydrogens is 866 g/mol. The van der Waals surface area contributed by atoms with E-state index in [9.17, 15) is 24.5 Å². The first-order chi connectivity index (χ1) is 14.5. The highest BCUT2D eigenvalue weighted by atomic mass is 127. The predicted octanol–water partition coefficient (Wildman–Crippen LogP) is 7.34. The molecule has 0 saturated heterocycles. The highest BCUT2D eigenvalue weighted by Crippen LogP contribution is 2.46. The van der Waals surface area contributed by atoms with Crippen molar-refractivity contribution in [2.75, 3.05) is 0 Å². The largest absolute Gasteiger partial charge is 0.505 e. The Balaban J connectivity index is 2.40. The third-order valence-electron chi connectivity index (χ3n) is 4.61. The normalized spacial score (nSPS) is 11.4. The van der Waals surface area contributed by atoms with Gasteiger partial charge in [-0.3, -0.25) is 0 Å². The van der Waals surface area contributed by atoms with Gasteiger partial charge in [0.25, 0.3) is 0 Å². The Hall–Kier alpha value is -0.820. The fraction of sp³-hybridized carbons (Fsp3) is 0. The summed E-state index contributed by atoms with van der Waals surface area (Å²) in [6.07, 6.45) is 0. The second-order valence-electron chi connectivity index (χ2n) is 6.36. The van der Waals surface area contributed by atoms with Crippen molar-refractivity contribution in [2.24, 2.45) is 0 Å². The van der Waals surface area contributed by atoms with Crippen LogP contribution in [0.1, 0.15) is 10.4 Å². The van der Waals surface area contributed by atoms with Crippen LogP contribution in [-0.2, 0) is 0 Å². The van der Waals surface area contributed by atoms with Crippen LogP contribution in [0.5, 0.6) is 11.5 Å². The molecule has 0 amide bonds. The van der Waals surface area contributed by atoms with Crippen molar-refractivity contribution in [3.63, 3.8) is 0 Å². The van der Waals surface area contributed by atoms with E-state index in [2.05, 4.69) is 0 Å². The fourth-order valence-electron chi connectivity index (χ4n) is 3.28. The predicted molar refractivity (Wildman–Crippen MR) is 145 cm³/mol. The third kappa shape index (κ3) is 3.71. The van der Waals surface area contributed by atoms with E-state index in [0.29, 0.717) is 25.1 Å². The molecule has 0 aliphatic heterocycles. The molecule has 3 N–H and O–H groups in total. The quantitative estimate of drug-likeness (QED) is 0.112. The van der Waals surface area contributed by atoms with Gasteiger partial charge in [0, 0.05) is 11.1 Å². The minimum absolute atomic E-state index is 0.0642. The number of halogens is 6. The molecule has 0 unspecified atom stereocenters. The Morgan fingerprint density at radius 2 is 1.26 bits per heavy atom. The van der Waals surface area contributed by atoms with E-state index in [1.54, 1.807) is 0 Å². The van der Waals surface area contributed by atoms with Gasteiger partial charge in [-0.2, -0.15) is 0 Å². The van der Waals surface area contributed by atoms with Crippen LogP contribution in [-0.4, -0.2) is 21.3 Å². The van der Waals surface area contributed by atoms with E-state index >= 15 is 4.39 Å². The first-order valence-electron chi connectivity index (χ1n) is 8.23. The molecule has 4 rings (SSSR count). The van der Waals surface area contributed by atoms with Crippen molar-refractivity contribution in [2.45, 2.75) is 0 Å². The smallest absolute Gasteiger partial charge is 0.378 e. The van der Waals surface area contributed by atoms with E-state index in [4.69, 9.17) is 4.42 Å². The third-order valence-corrected chi connectivity index (χ3v) is 8.25. The van der Waals surface area contributed by atoms with Crippen LogP contribution >= 0.6 is 90.4 Å². The van der Waals surface area contributed by atoms with Crippen molar-refractivity contribution in [3.05, 3.63) is 55.7 Å². The lowest BCUT2D eigenvalue weighted by atomic mass is 9.92. The summed E-state index contributed by atoms with van der Waals surface area (Å²) >= 11 is 7.51. The Morgan fingerprint density at radius 3 is 1.71 bits per heavy atom. The number of aromatic carboxylic acids is 1. The molecule has 3 aromatic carbocycles. The number of phenolic OH excluding ortho intramolecular Hbond substituents is 2. The van der Waals surface area contributed by atoms with Gasteiger partial charge in [0.05, 0.1) is 17.9 Å². The zero-order valence-electron chi connectivity index (χ0n) is 14.7. The number of hydrogen-bond acceptors (Lipinski definition) is 3. The van der Waals surface area contributed by atoms with Gasteiger partial charge in [-0.15, -0.1) is 0 Å². The highest BCUT2D eigenvalue weighted by molar-refractivity contribution is 14.1. The second-order valence-corrected chi connectivity index (χ2v) is 10.8. The van der Waals surface area contributed by atoms with Gasteiger partial charge in [0.15, 0.2) is 18.6 Å². The van der Waals surface area contributed by atoms with E-state index < -0.39 is 28.7 Å². The molecule has 0 bridgehead atoms. The van der Waals surface area contributed by atoms with E-state index in [1.165, 1.54) is 12.1 Å². The zero-order valence-corrected chi connectivity index (χ0v) is 23.4. The first-order valence-corrected chi connectivity index (χ1v) is 12.5. The number of aromatic hydroxyl groups is 2. The molecular formula is C20H7F2I4O5+. The maximum Gasteiger partial charge on any atom is 0.378 e. The number of carbonyl (C=O) groups is 1. The molecule has 1 heterocycles. The molecule has 0 aliphatic rings. The summed E-state index contributed by atoms with van der Waals surface area (Å²) < 4.78 is 37.1. The Bertz CT molecular complexity index is 1380. The summed E-state index contributed by atoms with van der Waals surface area (Å²) in [6.45, 7) is 0. The van der Waals surface area contributed by atoms with Gasteiger partial charge in [0.2, 0.25) is 0 Å². The fourth-order valence-corrected chi connectivity index (χ4v) is 6.85. The molecule has 0 fully saturated rings. The van der Waals surface area contributed by atoms with E-state index in [0.717, 1.165) is 12.1 Å². The summed E-state index contributed by atoms with van der Waals surface area (Å²) in [6, 6.07) is 4.67. The first kappa shape index (κ1) is 23.3. The summed E-state index contributed by atoms with van der Waals surface area (Å²) in [7, 11) is 0. The molecule has 5 nitrogen and oxygen atoms in total. The maximum absolute atomic E-state index is 15.1. The van der Waals surface area contributed by atoms with Crippen LogP contribution in [0.3, 0.4) is 0 Å². The lowest BCUT2D eigenvalue weighted by molar-refractivity contribution is 0.0692. The van der Waals surface area contributed by atoms with Gasteiger partial charge in [-0.1, -0.05) is 0 Å². The average molecular weight is 873 g/mol. The standard InChI is InChI=1S/C20H6F2I4O5/c21-7-1-2-8(22)13(20(29)30)12(7)11-5-3-9(23)16(27)14(25)18(5)31-19-6(11)4-10(24)17(28)15(19)26/h1-4H,(H2-,27,28,29,30)/p+1. The van der Waals surface area contributed by atoms with Crippen LogP contribution in [0.15, 0.2) is 28.7 Å². The lowest BCUT2D eigenvalue weighted by Crippen LogP contribution is -2.06. The summed E-state index contributed by atoms with van der Waals surface area (Å²) in [4.78, 5) is 11.9. The monoisotopic (exact) mass is 873 g/mol. The molecule has 31 heavy (non-hydrogen) atoms. The number of carboxylic acids is 1. The van der Waals surface area contributed by atoms with Crippen molar-refractivity contribution in [1.29, 1.82) is 0 Å². The van der Waals surface area contributed by atoms with Gasteiger partial charge in [0.1, 0.15) is 17.2 Å². The topological polar surface area (TPSA) is 89.1 Å². The van der Waals surface area contributed by atoms with Crippen molar-refractivity contribution in [3.8, 4) is 22.6 Å². The molecule has 4 aromatic rings. The summed E-state index contributed by atoms with van der Waals surface area (Å²) in [5.41, 5.74) is -0.853. The minimum atomic E-state index is -1.62. The van der Waals surface area contributed by atoms with Gasteiger partial charge in [-0.25, -0.2) is 18.0 Å². The SMILES string of the molecule is O=C(O)c1c(F)ccc(F)c1-c1c2cc(I)c(O)c(I)c2[o+]c2c(I)c(O)c(I)cc12. The van der Waals surface area contributed by atoms with Crippen molar-refractivity contribution in [1.82, 2.24) is 0 Å². The average Bonchev–Trinajstić information content (AvgIpc) is 2.71. The Kier molecular flexibility index (Phi) is 6.41. The zero-order chi connectivity index (χ0) is 22.8. The number of phenols is 2. The summed E-state index contributed by atoms with van der Waals surface area (Å²) in [5.74, 6) is -3.77. The van der Waals surface area contributed by atoms with Crippen LogP contribution in [0, 0.1) is 25.9 Å². The number of fused-ring (bicyclic) bond motifs is 2. The van der Waals surface area contributed by atoms with Crippen LogP contribution in [0.25, 0.3) is 33.1 Å². The molecule has 0 atom stereocenters. The van der Waals surface area contributed by atoms with Crippen molar-refractivity contribution < 1.29 is 33.3 Å². The summed E-state index contributed by atoms with van der Waals surface area (Å²) in [5, 5.41) is 31.0. The van der Waals surface area contributed by atoms with Gasteiger partial charge in [-0.05, 0) is 115 Å². The van der Waals surface area contributed by atoms with E-state index in [-0.39, 0.29) is 28.2 Å². The number of carboxylic acid groups (broad SMARTS) is 1. The minimum Gasteiger partial charge on any atom is -0.505 e. The van der Waals surface area contributed by atoms with Gasteiger partial charge >= 0.3 is 17.1 Å². The van der Waals surface area contributed by atoms with Gasteiger partial charge < -0.3 is 15.3 Å². The number of hydrogen-bond donors (Lipinski definition) is 3. The van der Waals surface area contributed by atoms with Crippen molar-refractivity contribution >= 4 is 118 Å². The number of benzene rings is 3. The van der Waals surface area contributed by atoms with Crippen LogP contribution in [0.4, 0.5) is 8.78 Å². The van der Waals surface area contributed by atoms with E-state index in [1.807, 2.05) is 90.4 Å². The van der Waals surface area contributed by atoms with Crippen LogP contribution in [0.2, 0.25) is 0 Å². The highest BCUT2D eigenvalue weighted by Gasteiger charge is 2.33. The molecule has 0 spiro atoms. The lowest BCUT2D eigenvalue weighted by Gasteiger charge is -2.13. The molecule has 1 aromatic heterocycles. The molecule has 11 heteroatoms. The Morgan fingerprint density at radius 1 is 0.806 bits per heavy atom. The second kappa shape index (κ2) is 8.51.